The summed E-state index contributed by atoms with van der Waals surface area (Å²) in [5.74, 6) is 3.20. The Hall–Kier alpha value is -2.61. The smallest absolute Gasteiger partial charge is 0.196 e. The number of benzene rings is 1. The van der Waals surface area contributed by atoms with Crippen LogP contribution in [0.1, 0.15) is 45.9 Å². The van der Waals surface area contributed by atoms with E-state index in [9.17, 15) is 0 Å². The van der Waals surface area contributed by atoms with Crippen molar-refractivity contribution in [2.45, 2.75) is 59.2 Å². The zero-order valence-electron chi connectivity index (χ0n) is 18.3. The SMILES string of the molecule is CCn1cnnc1CN=C(NCCCOCC1CC1)Nc1ccc(OC(C)C)cc1. The van der Waals surface area contributed by atoms with E-state index in [1.54, 1.807) is 6.33 Å². The molecule has 1 fully saturated rings. The third-order valence-corrected chi connectivity index (χ3v) is 4.71. The third-order valence-electron chi connectivity index (χ3n) is 4.71. The van der Waals surface area contributed by atoms with Crippen LogP contribution in [0.25, 0.3) is 0 Å². The van der Waals surface area contributed by atoms with Crippen LogP contribution >= 0.6 is 0 Å². The Balaban J connectivity index is 1.55. The molecule has 164 valence electrons. The van der Waals surface area contributed by atoms with Crippen LogP contribution in [0.3, 0.4) is 0 Å². The fourth-order valence-electron chi connectivity index (χ4n) is 2.90. The first-order chi connectivity index (χ1) is 14.6. The van der Waals surface area contributed by atoms with Crippen molar-refractivity contribution < 1.29 is 9.47 Å². The first-order valence-corrected chi connectivity index (χ1v) is 10.9. The van der Waals surface area contributed by atoms with Crippen molar-refractivity contribution in [3.8, 4) is 5.75 Å². The number of nitrogens with one attached hydrogen (secondary N) is 2. The Morgan fingerprint density at radius 2 is 2.07 bits per heavy atom. The molecule has 0 radical (unpaired) electrons. The summed E-state index contributed by atoms with van der Waals surface area (Å²) in [5.41, 5.74) is 0.944. The summed E-state index contributed by atoms with van der Waals surface area (Å²) in [7, 11) is 0. The van der Waals surface area contributed by atoms with E-state index in [0.717, 1.165) is 55.9 Å². The maximum absolute atomic E-state index is 5.72. The van der Waals surface area contributed by atoms with Gasteiger partial charge >= 0.3 is 0 Å². The van der Waals surface area contributed by atoms with Crippen molar-refractivity contribution in [2.24, 2.45) is 10.9 Å². The van der Waals surface area contributed by atoms with Gasteiger partial charge < -0.3 is 24.7 Å². The van der Waals surface area contributed by atoms with Crippen molar-refractivity contribution in [3.05, 3.63) is 36.4 Å². The molecule has 0 amide bonds. The van der Waals surface area contributed by atoms with E-state index >= 15 is 0 Å². The number of ether oxygens (including phenoxy) is 2. The number of guanidine groups is 1. The van der Waals surface area contributed by atoms with Crippen molar-refractivity contribution in [1.82, 2.24) is 20.1 Å². The monoisotopic (exact) mass is 414 g/mol. The van der Waals surface area contributed by atoms with Crippen LogP contribution in [-0.2, 0) is 17.8 Å². The van der Waals surface area contributed by atoms with Gasteiger partial charge in [0.2, 0.25) is 0 Å². The minimum Gasteiger partial charge on any atom is -0.491 e. The highest BCUT2D eigenvalue weighted by Crippen LogP contribution is 2.28. The van der Waals surface area contributed by atoms with Gasteiger partial charge in [0.25, 0.3) is 0 Å². The fraction of sp³-hybridized carbons (Fsp3) is 0.591. The minimum atomic E-state index is 0.153. The van der Waals surface area contributed by atoms with E-state index in [2.05, 4.69) is 27.8 Å². The lowest BCUT2D eigenvalue weighted by atomic mass is 10.3. The molecule has 1 aliphatic rings. The fourth-order valence-corrected chi connectivity index (χ4v) is 2.90. The molecule has 1 heterocycles. The standard InChI is InChI=1S/C22H34N6O2/c1-4-28-16-25-27-21(28)14-24-22(23-12-5-13-29-15-18-6-7-18)26-19-8-10-20(11-9-19)30-17(2)3/h8-11,16-18H,4-7,12-15H2,1-3H3,(H2,23,24,26). The third kappa shape index (κ3) is 7.67. The number of anilines is 1. The summed E-state index contributed by atoms with van der Waals surface area (Å²) in [4.78, 5) is 4.70. The Bertz CT molecular complexity index is 783. The Labute approximate surface area is 179 Å². The van der Waals surface area contributed by atoms with Crippen LogP contribution in [0.15, 0.2) is 35.6 Å². The topological polar surface area (TPSA) is 85.6 Å². The van der Waals surface area contributed by atoms with E-state index in [1.807, 2.05) is 42.7 Å². The quantitative estimate of drug-likeness (QED) is 0.314. The van der Waals surface area contributed by atoms with Crippen molar-refractivity contribution in [2.75, 3.05) is 25.1 Å². The molecule has 0 atom stereocenters. The first kappa shape index (κ1) is 22.1. The van der Waals surface area contributed by atoms with Crippen molar-refractivity contribution in [3.63, 3.8) is 0 Å². The molecule has 0 bridgehead atoms. The molecule has 0 aliphatic heterocycles. The molecule has 30 heavy (non-hydrogen) atoms. The van der Waals surface area contributed by atoms with Crippen LogP contribution < -0.4 is 15.4 Å². The van der Waals surface area contributed by atoms with E-state index in [-0.39, 0.29) is 6.10 Å². The molecule has 1 aromatic carbocycles. The largest absolute Gasteiger partial charge is 0.491 e. The van der Waals surface area contributed by atoms with Crippen LogP contribution in [0, 0.1) is 5.92 Å². The average molecular weight is 415 g/mol. The van der Waals surface area contributed by atoms with Crippen LogP contribution in [0.5, 0.6) is 5.75 Å². The number of aryl methyl sites for hydroxylation is 1. The van der Waals surface area contributed by atoms with Crippen LogP contribution in [0.2, 0.25) is 0 Å². The summed E-state index contributed by atoms with van der Waals surface area (Å²) in [6.45, 7) is 9.83. The van der Waals surface area contributed by atoms with Crippen LogP contribution in [0.4, 0.5) is 5.69 Å². The molecule has 8 nitrogen and oxygen atoms in total. The second kappa shape index (κ2) is 11.5. The van der Waals surface area contributed by atoms with Gasteiger partial charge in [0.05, 0.1) is 6.10 Å². The summed E-state index contributed by atoms with van der Waals surface area (Å²) >= 11 is 0. The number of nitrogens with zero attached hydrogens (tertiary/aromatic N) is 4. The molecule has 1 aromatic heterocycles. The number of aliphatic imine (C=N–C) groups is 1. The average Bonchev–Trinajstić information content (AvgIpc) is 3.44. The van der Waals surface area contributed by atoms with Gasteiger partial charge in [-0.2, -0.15) is 0 Å². The Morgan fingerprint density at radius 3 is 2.77 bits per heavy atom. The number of hydrogen-bond donors (Lipinski definition) is 2. The molecule has 0 saturated heterocycles. The Kier molecular flexibility index (Phi) is 8.50. The molecule has 1 saturated carbocycles. The first-order valence-electron chi connectivity index (χ1n) is 10.9. The second-order valence-corrected chi connectivity index (χ2v) is 7.81. The molecule has 1 aliphatic carbocycles. The maximum Gasteiger partial charge on any atom is 0.196 e. The summed E-state index contributed by atoms with van der Waals surface area (Å²) < 4.78 is 13.4. The lowest BCUT2D eigenvalue weighted by Crippen LogP contribution is -2.32. The van der Waals surface area contributed by atoms with E-state index in [4.69, 9.17) is 14.5 Å². The number of rotatable bonds is 12. The van der Waals surface area contributed by atoms with Crippen molar-refractivity contribution in [1.29, 1.82) is 0 Å². The molecule has 0 spiro atoms. The predicted molar refractivity (Wildman–Crippen MR) is 119 cm³/mol. The lowest BCUT2D eigenvalue weighted by Gasteiger charge is -2.14. The molecular weight excluding hydrogens is 380 g/mol. The predicted octanol–water partition coefficient (Wildman–Crippen LogP) is 3.46. The van der Waals surface area contributed by atoms with Crippen LogP contribution in [-0.4, -0.2) is 46.6 Å². The van der Waals surface area contributed by atoms with E-state index < -0.39 is 0 Å². The van der Waals surface area contributed by atoms with Crippen molar-refractivity contribution >= 4 is 11.6 Å². The number of hydrogen-bond acceptors (Lipinski definition) is 5. The maximum atomic E-state index is 5.72. The van der Waals surface area contributed by atoms with Gasteiger partial charge in [-0.3, -0.25) is 0 Å². The molecule has 2 N–H and O–H groups in total. The highest BCUT2D eigenvalue weighted by Gasteiger charge is 2.20. The minimum absolute atomic E-state index is 0.153. The molecule has 3 rings (SSSR count). The highest BCUT2D eigenvalue weighted by molar-refractivity contribution is 5.93. The van der Waals surface area contributed by atoms with Gasteiger partial charge in [0.15, 0.2) is 11.8 Å². The van der Waals surface area contributed by atoms with Gasteiger partial charge in [-0.05, 0) is 70.2 Å². The van der Waals surface area contributed by atoms with Gasteiger partial charge in [-0.25, -0.2) is 4.99 Å². The normalized spacial score (nSPS) is 14.2. The lowest BCUT2D eigenvalue weighted by molar-refractivity contribution is 0.123. The molecule has 8 heteroatoms. The van der Waals surface area contributed by atoms with Gasteiger partial charge in [-0.1, -0.05) is 0 Å². The summed E-state index contributed by atoms with van der Waals surface area (Å²) in [6, 6.07) is 7.89. The van der Waals surface area contributed by atoms with E-state index in [0.29, 0.717) is 12.5 Å². The zero-order valence-corrected chi connectivity index (χ0v) is 18.3. The highest BCUT2D eigenvalue weighted by atomic mass is 16.5. The van der Waals surface area contributed by atoms with Gasteiger partial charge in [0.1, 0.15) is 18.6 Å². The second-order valence-electron chi connectivity index (χ2n) is 7.81. The molecular formula is C22H34N6O2. The zero-order chi connectivity index (χ0) is 21.2. The number of aromatic nitrogens is 3. The molecule has 2 aromatic rings. The summed E-state index contributed by atoms with van der Waals surface area (Å²) in [5, 5.41) is 14.9. The Morgan fingerprint density at radius 1 is 1.27 bits per heavy atom. The molecule has 0 unspecified atom stereocenters. The van der Waals surface area contributed by atoms with E-state index in [1.165, 1.54) is 12.8 Å². The summed E-state index contributed by atoms with van der Waals surface area (Å²) in [6.07, 6.45) is 5.46. The van der Waals surface area contributed by atoms with Gasteiger partial charge in [0, 0.05) is 32.0 Å². The van der Waals surface area contributed by atoms with Gasteiger partial charge in [-0.15, -0.1) is 10.2 Å².